The first-order valence-corrected chi connectivity index (χ1v) is 7.12. The molecule has 106 valence electrons. The van der Waals surface area contributed by atoms with Gasteiger partial charge in [0.25, 0.3) is 0 Å². The molecule has 0 fully saturated rings. The van der Waals surface area contributed by atoms with Gasteiger partial charge in [0.2, 0.25) is 0 Å². The van der Waals surface area contributed by atoms with Crippen molar-refractivity contribution >= 4 is 10.9 Å². The average Bonchev–Trinajstić information content (AvgIpc) is 2.53. The molecule has 3 rings (SSSR count). The normalized spacial score (nSPS) is 11.0. The largest absolute Gasteiger partial charge is 0.313 e. The summed E-state index contributed by atoms with van der Waals surface area (Å²) in [4.78, 5) is 4.46. The second kappa shape index (κ2) is 6.02. The van der Waals surface area contributed by atoms with E-state index in [2.05, 4.69) is 16.4 Å². The van der Waals surface area contributed by atoms with Crippen molar-refractivity contribution in [2.45, 2.75) is 13.5 Å². The van der Waals surface area contributed by atoms with Crippen LogP contribution in [0.3, 0.4) is 0 Å². The second-order valence-corrected chi connectivity index (χ2v) is 5.00. The van der Waals surface area contributed by atoms with Crippen molar-refractivity contribution in [3.8, 4) is 11.1 Å². The molecule has 0 atom stereocenters. The molecule has 3 aromatic rings. The quantitative estimate of drug-likeness (QED) is 0.776. The number of nitrogens with zero attached hydrogens (tertiary/aromatic N) is 1. The van der Waals surface area contributed by atoms with Crippen molar-refractivity contribution in [3.63, 3.8) is 0 Å². The molecule has 1 heterocycles. The molecule has 1 N–H and O–H groups in total. The highest BCUT2D eigenvalue weighted by Crippen LogP contribution is 2.24. The predicted octanol–water partition coefficient (Wildman–Crippen LogP) is 4.15. The van der Waals surface area contributed by atoms with Gasteiger partial charge in [0.05, 0.1) is 5.52 Å². The first-order valence-electron chi connectivity index (χ1n) is 7.12. The van der Waals surface area contributed by atoms with Crippen molar-refractivity contribution in [3.05, 3.63) is 66.1 Å². The molecule has 0 aliphatic rings. The summed E-state index contributed by atoms with van der Waals surface area (Å²) in [5.74, 6) is -0.173. The molecule has 2 aromatic carbocycles. The molecule has 0 radical (unpaired) electrons. The van der Waals surface area contributed by atoms with E-state index in [1.165, 1.54) is 6.07 Å². The third-order valence-corrected chi connectivity index (χ3v) is 3.53. The number of nitrogens with one attached hydrogen (secondary N) is 1. The molecule has 0 unspecified atom stereocenters. The lowest BCUT2D eigenvalue weighted by molar-refractivity contribution is 0.593. The third kappa shape index (κ3) is 2.93. The van der Waals surface area contributed by atoms with E-state index in [1.54, 1.807) is 6.07 Å². The molecule has 1 aromatic heterocycles. The summed E-state index contributed by atoms with van der Waals surface area (Å²) in [6.45, 7) is 3.37. The molecule has 0 aliphatic carbocycles. The van der Waals surface area contributed by atoms with Crippen molar-refractivity contribution in [2.24, 2.45) is 0 Å². The van der Waals surface area contributed by atoms with Crippen LogP contribution in [0.2, 0.25) is 0 Å². The Labute approximate surface area is 123 Å². The molecule has 0 spiro atoms. The molecular weight excluding hydrogens is 263 g/mol. The van der Waals surface area contributed by atoms with Crippen LogP contribution in [0, 0.1) is 5.82 Å². The molecule has 21 heavy (non-hydrogen) atoms. The van der Waals surface area contributed by atoms with E-state index in [1.807, 2.05) is 43.5 Å². The van der Waals surface area contributed by atoms with Gasteiger partial charge in [-0.3, -0.25) is 4.98 Å². The van der Waals surface area contributed by atoms with Crippen molar-refractivity contribution in [2.75, 3.05) is 6.54 Å². The lowest BCUT2D eigenvalue weighted by atomic mass is 10.0. The van der Waals surface area contributed by atoms with E-state index in [0.29, 0.717) is 12.1 Å². The Morgan fingerprint density at radius 1 is 1.05 bits per heavy atom. The lowest BCUT2D eigenvalue weighted by Crippen LogP contribution is -2.12. The summed E-state index contributed by atoms with van der Waals surface area (Å²) < 4.78 is 13.8. The Balaban J connectivity index is 2.01. The van der Waals surface area contributed by atoms with Gasteiger partial charge in [0, 0.05) is 29.3 Å². The van der Waals surface area contributed by atoms with E-state index in [9.17, 15) is 4.39 Å². The fourth-order valence-corrected chi connectivity index (χ4v) is 2.38. The van der Waals surface area contributed by atoms with Gasteiger partial charge in [-0.05, 0) is 36.4 Å². The van der Waals surface area contributed by atoms with Crippen LogP contribution >= 0.6 is 0 Å². The number of fused-ring (bicyclic) bond motifs is 1. The van der Waals surface area contributed by atoms with Gasteiger partial charge in [0.15, 0.2) is 0 Å². The minimum absolute atomic E-state index is 0.173. The Kier molecular flexibility index (Phi) is 3.93. The number of pyridine rings is 1. The molecule has 2 nitrogen and oxygen atoms in total. The number of aromatic nitrogens is 1. The summed E-state index contributed by atoms with van der Waals surface area (Å²) in [6.07, 6.45) is 1.84. The van der Waals surface area contributed by atoms with E-state index in [0.717, 1.165) is 28.6 Å². The Bertz CT molecular complexity index is 768. The average molecular weight is 280 g/mol. The predicted molar refractivity (Wildman–Crippen MR) is 84.5 cm³/mol. The van der Waals surface area contributed by atoms with Gasteiger partial charge in [0.1, 0.15) is 5.82 Å². The van der Waals surface area contributed by atoms with Gasteiger partial charge >= 0.3 is 0 Å². The zero-order valence-electron chi connectivity index (χ0n) is 11.9. The van der Waals surface area contributed by atoms with Gasteiger partial charge in [-0.15, -0.1) is 0 Å². The molecule has 0 amide bonds. The van der Waals surface area contributed by atoms with Crippen LogP contribution in [0.1, 0.15) is 12.5 Å². The first kappa shape index (κ1) is 13.7. The number of hydrogen-bond acceptors (Lipinski definition) is 2. The third-order valence-electron chi connectivity index (χ3n) is 3.53. The maximum atomic E-state index is 13.8. The van der Waals surface area contributed by atoms with Crippen molar-refractivity contribution in [1.29, 1.82) is 0 Å². The summed E-state index contributed by atoms with van der Waals surface area (Å²) in [5.41, 5.74) is 3.65. The van der Waals surface area contributed by atoms with Crippen LogP contribution in [0.25, 0.3) is 22.0 Å². The number of hydrogen-bond donors (Lipinski definition) is 1. The minimum atomic E-state index is -0.173. The molecule has 0 bridgehead atoms. The fourth-order valence-electron chi connectivity index (χ4n) is 2.38. The van der Waals surface area contributed by atoms with Crippen LogP contribution < -0.4 is 5.32 Å². The summed E-state index contributed by atoms with van der Waals surface area (Å²) >= 11 is 0. The molecule has 0 saturated carbocycles. The van der Waals surface area contributed by atoms with Gasteiger partial charge < -0.3 is 5.32 Å². The zero-order chi connectivity index (χ0) is 14.7. The Hall–Kier alpha value is -2.26. The standard InChI is InChI=1S/C18H17FN2/c1-2-20-11-16-9-13(7-8-17(16)19)15-10-14-5-3-4-6-18(14)21-12-15/h3-10,12,20H,2,11H2,1H3. The van der Waals surface area contributed by atoms with Crippen LogP contribution in [-0.2, 0) is 6.54 Å². The Morgan fingerprint density at radius 3 is 2.76 bits per heavy atom. The van der Waals surface area contributed by atoms with E-state index < -0.39 is 0 Å². The molecule has 3 heteroatoms. The van der Waals surface area contributed by atoms with Crippen molar-refractivity contribution < 1.29 is 4.39 Å². The highest BCUT2D eigenvalue weighted by atomic mass is 19.1. The summed E-state index contributed by atoms with van der Waals surface area (Å²) in [5, 5.41) is 4.25. The van der Waals surface area contributed by atoms with Gasteiger partial charge in [-0.25, -0.2) is 4.39 Å². The number of rotatable bonds is 4. The fraction of sp³-hybridized carbons (Fsp3) is 0.167. The monoisotopic (exact) mass is 280 g/mol. The number of halogens is 1. The molecule has 0 aliphatic heterocycles. The number of para-hydroxylation sites is 1. The highest BCUT2D eigenvalue weighted by molar-refractivity contribution is 5.83. The molecule has 0 saturated heterocycles. The van der Waals surface area contributed by atoms with Crippen LogP contribution in [-0.4, -0.2) is 11.5 Å². The summed E-state index contributed by atoms with van der Waals surface area (Å²) in [6, 6.07) is 15.3. The second-order valence-electron chi connectivity index (χ2n) is 5.00. The van der Waals surface area contributed by atoms with E-state index >= 15 is 0 Å². The van der Waals surface area contributed by atoms with E-state index in [-0.39, 0.29) is 5.82 Å². The minimum Gasteiger partial charge on any atom is -0.313 e. The highest BCUT2D eigenvalue weighted by Gasteiger charge is 2.06. The first-order chi connectivity index (χ1) is 10.3. The van der Waals surface area contributed by atoms with Gasteiger partial charge in [-0.2, -0.15) is 0 Å². The topological polar surface area (TPSA) is 24.9 Å². The van der Waals surface area contributed by atoms with Crippen LogP contribution in [0.5, 0.6) is 0 Å². The van der Waals surface area contributed by atoms with Crippen LogP contribution in [0.4, 0.5) is 4.39 Å². The zero-order valence-corrected chi connectivity index (χ0v) is 11.9. The summed E-state index contributed by atoms with van der Waals surface area (Å²) in [7, 11) is 0. The smallest absolute Gasteiger partial charge is 0.127 e. The van der Waals surface area contributed by atoms with E-state index in [4.69, 9.17) is 0 Å². The number of benzene rings is 2. The maximum absolute atomic E-state index is 13.8. The van der Waals surface area contributed by atoms with Crippen molar-refractivity contribution in [1.82, 2.24) is 10.3 Å². The lowest BCUT2D eigenvalue weighted by Gasteiger charge is -2.08. The molecular formula is C18H17FN2. The van der Waals surface area contributed by atoms with Crippen LogP contribution in [0.15, 0.2) is 54.7 Å². The van der Waals surface area contributed by atoms with Gasteiger partial charge in [-0.1, -0.05) is 31.2 Å². The Morgan fingerprint density at radius 2 is 1.90 bits per heavy atom. The maximum Gasteiger partial charge on any atom is 0.127 e. The SMILES string of the molecule is CCNCc1cc(-c2cnc3ccccc3c2)ccc1F.